The Balaban J connectivity index is 2.08. The average Bonchev–Trinajstić information content (AvgIpc) is 2.96. The second-order valence-electron chi connectivity index (χ2n) is 5.97. The van der Waals surface area contributed by atoms with Gasteiger partial charge in [-0.2, -0.15) is 0 Å². The molecule has 0 amide bonds. The lowest BCUT2D eigenvalue weighted by Crippen LogP contribution is -2.12. The molecule has 116 valence electrons. The van der Waals surface area contributed by atoms with Crippen molar-refractivity contribution in [1.29, 1.82) is 0 Å². The van der Waals surface area contributed by atoms with Gasteiger partial charge in [-0.3, -0.25) is 4.68 Å². The molecule has 0 spiro atoms. The molecular weight excluding hydrogens is 308 g/mol. The molecule has 0 unspecified atom stereocenters. The Bertz CT molecular complexity index is 711. The summed E-state index contributed by atoms with van der Waals surface area (Å²) in [5, 5.41) is 10.3. The summed E-state index contributed by atoms with van der Waals surface area (Å²) in [5.74, 6) is -0.149. The molecule has 2 aromatic heterocycles. The summed E-state index contributed by atoms with van der Waals surface area (Å²) < 4.78 is 26.0. The molecule has 2 heterocycles. The van der Waals surface area contributed by atoms with Gasteiger partial charge in [0.1, 0.15) is 10.8 Å². The van der Waals surface area contributed by atoms with E-state index in [1.807, 2.05) is 12.3 Å². The number of thiazole rings is 1. The zero-order chi connectivity index (χ0) is 15.7. The molecule has 0 atom stereocenters. The predicted molar refractivity (Wildman–Crippen MR) is 82.8 cm³/mol. The summed E-state index contributed by atoms with van der Waals surface area (Å²) >= 11 is 1.39. The number of hydrogen-bond donors (Lipinski definition) is 0. The smallest absolute Gasteiger partial charge is 0.162 e. The van der Waals surface area contributed by atoms with Crippen molar-refractivity contribution in [2.24, 2.45) is 0 Å². The fourth-order valence-corrected chi connectivity index (χ4v) is 4.49. The normalized spacial score (nSPS) is 12.8. The maximum Gasteiger partial charge on any atom is 0.162 e. The van der Waals surface area contributed by atoms with Crippen LogP contribution in [0, 0.1) is 0 Å². The van der Waals surface area contributed by atoms with Gasteiger partial charge in [0.15, 0.2) is 9.84 Å². The van der Waals surface area contributed by atoms with Crippen molar-refractivity contribution in [2.45, 2.75) is 51.2 Å². The first kappa shape index (κ1) is 16.1. The third-order valence-corrected chi connectivity index (χ3v) is 5.42. The van der Waals surface area contributed by atoms with Crippen LogP contribution in [0.1, 0.15) is 44.1 Å². The molecule has 0 aliphatic rings. The van der Waals surface area contributed by atoms with Crippen LogP contribution in [0.25, 0.3) is 0 Å². The van der Waals surface area contributed by atoms with E-state index in [9.17, 15) is 8.42 Å². The van der Waals surface area contributed by atoms with Crippen molar-refractivity contribution in [3.05, 3.63) is 28.0 Å². The number of aromatic nitrogens is 4. The topological polar surface area (TPSA) is 77.7 Å². The number of aryl methyl sites for hydroxylation is 1. The van der Waals surface area contributed by atoms with E-state index < -0.39 is 9.84 Å². The molecular formula is C13H20N4O2S2. The molecule has 0 bridgehead atoms. The van der Waals surface area contributed by atoms with Crippen molar-refractivity contribution < 1.29 is 8.42 Å². The van der Waals surface area contributed by atoms with E-state index in [-0.39, 0.29) is 16.9 Å². The Morgan fingerprint density at radius 1 is 1.29 bits per heavy atom. The molecule has 21 heavy (non-hydrogen) atoms. The van der Waals surface area contributed by atoms with Crippen molar-refractivity contribution >= 4 is 21.2 Å². The first-order valence-electron chi connectivity index (χ1n) is 6.74. The van der Waals surface area contributed by atoms with E-state index in [1.54, 1.807) is 10.9 Å². The van der Waals surface area contributed by atoms with E-state index >= 15 is 0 Å². The minimum Gasteiger partial charge on any atom is -0.253 e. The Morgan fingerprint density at radius 3 is 2.52 bits per heavy atom. The van der Waals surface area contributed by atoms with Crippen LogP contribution in [0.5, 0.6) is 0 Å². The fourth-order valence-electron chi connectivity index (χ4n) is 1.75. The van der Waals surface area contributed by atoms with E-state index in [0.717, 1.165) is 5.69 Å². The van der Waals surface area contributed by atoms with Crippen LogP contribution in [0.2, 0.25) is 0 Å². The van der Waals surface area contributed by atoms with Crippen LogP contribution >= 0.6 is 11.3 Å². The summed E-state index contributed by atoms with van der Waals surface area (Å²) in [4.78, 5) is 4.43. The minimum absolute atomic E-state index is 0.0489. The van der Waals surface area contributed by atoms with Crippen molar-refractivity contribution in [3.63, 3.8) is 0 Å². The number of nitrogens with zero attached hydrogens (tertiary/aromatic N) is 4. The van der Waals surface area contributed by atoms with Crippen LogP contribution in [0.4, 0.5) is 0 Å². The lowest BCUT2D eigenvalue weighted by molar-refractivity contribution is 0.570. The first-order valence-corrected chi connectivity index (χ1v) is 9.44. The van der Waals surface area contributed by atoms with E-state index in [1.165, 1.54) is 11.3 Å². The highest BCUT2D eigenvalue weighted by Gasteiger charge is 2.21. The molecule has 8 heteroatoms. The highest BCUT2D eigenvalue weighted by Crippen LogP contribution is 2.25. The third kappa shape index (κ3) is 4.34. The Hall–Kier alpha value is -1.28. The summed E-state index contributed by atoms with van der Waals surface area (Å²) in [7, 11) is -3.28. The van der Waals surface area contributed by atoms with Crippen LogP contribution in [-0.2, 0) is 33.3 Å². The van der Waals surface area contributed by atoms with Gasteiger partial charge in [0.05, 0.1) is 17.1 Å². The third-order valence-electron chi connectivity index (χ3n) is 2.94. The van der Waals surface area contributed by atoms with Crippen LogP contribution < -0.4 is 0 Å². The second-order valence-corrected chi connectivity index (χ2v) is 8.98. The van der Waals surface area contributed by atoms with Gasteiger partial charge in [0.25, 0.3) is 0 Å². The van der Waals surface area contributed by atoms with Gasteiger partial charge in [-0.25, -0.2) is 13.4 Å². The molecule has 0 fully saturated rings. The summed E-state index contributed by atoms with van der Waals surface area (Å²) in [6.07, 6.45) is 1.67. The molecule has 0 aliphatic carbocycles. The van der Waals surface area contributed by atoms with Crippen molar-refractivity contribution in [2.75, 3.05) is 0 Å². The number of hydrogen-bond acceptors (Lipinski definition) is 6. The highest BCUT2D eigenvalue weighted by atomic mass is 32.2. The van der Waals surface area contributed by atoms with Gasteiger partial charge in [0, 0.05) is 23.5 Å². The van der Waals surface area contributed by atoms with Gasteiger partial charge >= 0.3 is 0 Å². The highest BCUT2D eigenvalue weighted by molar-refractivity contribution is 7.89. The van der Waals surface area contributed by atoms with Crippen molar-refractivity contribution in [3.8, 4) is 0 Å². The first-order chi connectivity index (χ1) is 9.69. The van der Waals surface area contributed by atoms with Gasteiger partial charge in [0.2, 0.25) is 0 Å². The fraction of sp³-hybridized carbons (Fsp3) is 0.615. The second kappa shape index (κ2) is 5.84. The van der Waals surface area contributed by atoms with Gasteiger partial charge < -0.3 is 0 Å². The molecule has 0 aliphatic heterocycles. The maximum atomic E-state index is 12.2. The molecule has 0 saturated carbocycles. The van der Waals surface area contributed by atoms with Gasteiger partial charge in [-0.05, 0) is 6.92 Å². The molecule has 6 nitrogen and oxygen atoms in total. The SMILES string of the molecule is CCn1cc(CS(=O)(=O)Cc2nc(C(C)(C)C)cs2)nn1. The van der Waals surface area contributed by atoms with E-state index in [2.05, 4.69) is 36.1 Å². The van der Waals surface area contributed by atoms with Gasteiger partial charge in [-0.15, -0.1) is 16.4 Å². The Morgan fingerprint density at radius 2 is 2.00 bits per heavy atom. The minimum atomic E-state index is -3.28. The summed E-state index contributed by atoms with van der Waals surface area (Å²) in [6.45, 7) is 8.78. The van der Waals surface area contributed by atoms with E-state index in [0.29, 0.717) is 17.2 Å². The molecule has 0 aromatic carbocycles. The van der Waals surface area contributed by atoms with Crippen LogP contribution in [0.15, 0.2) is 11.6 Å². The largest absolute Gasteiger partial charge is 0.253 e. The molecule has 0 radical (unpaired) electrons. The zero-order valence-corrected chi connectivity index (χ0v) is 14.3. The number of rotatable bonds is 5. The lowest BCUT2D eigenvalue weighted by Gasteiger charge is -2.14. The lowest BCUT2D eigenvalue weighted by atomic mass is 9.93. The Labute approximate surface area is 129 Å². The molecule has 0 saturated heterocycles. The summed E-state index contributed by atoms with van der Waals surface area (Å²) in [6, 6.07) is 0. The standard InChI is InChI=1S/C13H20N4O2S2/c1-5-17-6-10(15-16-17)8-21(18,19)9-12-14-11(7-20-12)13(2,3)4/h6-7H,5,8-9H2,1-4H3. The predicted octanol–water partition coefficient (Wildman–Crippen LogP) is 2.17. The van der Waals surface area contributed by atoms with Crippen molar-refractivity contribution in [1.82, 2.24) is 20.0 Å². The summed E-state index contributed by atoms with van der Waals surface area (Å²) in [5.41, 5.74) is 1.33. The number of sulfone groups is 1. The Kier molecular flexibility index (Phi) is 4.48. The zero-order valence-electron chi connectivity index (χ0n) is 12.7. The average molecular weight is 328 g/mol. The molecule has 0 N–H and O–H groups in total. The maximum absolute atomic E-state index is 12.2. The molecule has 2 rings (SSSR count). The van der Waals surface area contributed by atoms with E-state index in [4.69, 9.17) is 0 Å². The van der Waals surface area contributed by atoms with Crippen LogP contribution in [0.3, 0.4) is 0 Å². The molecule has 2 aromatic rings. The quantitative estimate of drug-likeness (QED) is 0.840. The van der Waals surface area contributed by atoms with Gasteiger partial charge in [-0.1, -0.05) is 26.0 Å². The monoisotopic (exact) mass is 328 g/mol. The van der Waals surface area contributed by atoms with Crippen LogP contribution in [-0.4, -0.2) is 28.4 Å².